The molecule has 1 amide bonds. The number of carbonyl (C=O) groups excluding carboxylic acids is 1. The molecule has 22 heavy (non-hydrogen) atoms. The quantitative estimate of drug-likeness (QED) is 0.882. The van der Waals surface area contributed by atoms with Gasteiger partial charge in [0.2, 0.25) is 0 Å². The minimum Gasteiger partial charge on any atom is -0.351 e. The Morgan fingerprint density at radius 3 is 2.91 bits per heavy atom. The molecule has 0 fully saturated rings. The van der Waals surface area contributed by atoms with Crippen molar-refractivity contribution >= 4 is 17.5 Å². The summed E-state index contributed by atoms with van der Waals surface area (Å²) < 4.78 is 0. The van der Waals surface area contributed by atoms with E-state index >= 15 is 0 Å². The Balaban J connectivity index is 1.49. The van der Waals surface area contributed by atoms with Crippen molar-refractivity contribution in [2.75, 3.05) is 19.6 Å². The van der Waals surface area contributed by atoms with Gasteiger partial charge >= 0.3 is 0 Å². The highest BCUT2D eigenvalue weighted by Crippen LogP contribution is 2.17. The Morgan fingerprint density at radius 2 is 2.09 bits per heavy atom. The topological polar surface area (TPSA) is 45.2 Å². The van der Waals surface area contributed by atoms with Crippen LogP contribution < -0.4 is 5.32 Å². The summed E-state index contributed by atoms with van der Waals surface area (Å²) in [7, 11) is 0. The van der Waals surface area contributed by atoms with Gasteiger partial charge in [-0.05, 0) is 29.7 Å². The van der Waals surface area contributed by atoms with Gasteiger partial charge in [-0.1, -0.05) is 35.9 Å². The second kappa shape index (κ2) is 6.90. The van der Waals surface area contributed by atoms with Gasteiger partial charge in [0.15, 0.2) is 0 Å². The zero-order chi connectivity index (χ0) is 15.4. The van der Waals surface area contributed by atoms with E-state index in [1.54, 1.807) is 18.3 Å². The van der Waals surface area contributed by atoms with E-state index in [1.165, 1.54) is 11.1 Å². The summed E-state index contributed by atoms with van der Waals surface area (Å²) >= 11 is 5.79. The summed E-state index contributed by atoms with van der Waals surface area (Å²) in [6.07, 6.45) is 2.61. The number of nitrogens with zero attached hydrogens (tertiary/aromatic N) is 2. The van der Waals surface area contributed by atoms with Crippen LogP contribution in [0.4, 0.5) is 0 Å². The molecule has 4 nitrogen and oxygen atoms in total. The van der Waals surface area contributed by atoms with Crippen LogP contribution in [0.25, 0.3) is 0 Å². The molecule has 1 aliphatic rings. The normalized spacial score (nSPS) is 14.4. The number of hydrogen-bond donors (Lipinski definition) is 1. The van der Waals surface area contributed by atoms with Gasteiger partial charge in [0.05, 0.1) is 0 Å². The second-order valence-electron chi connectivity index (χ2n) is 5.42. The highest BCUT2D eigenvalue weighted by atomic mass is 35.5. The maximum atomic E-state index is 12.0. The highest BCUT2D eigenvalue weighted by Gasteiger charge is 2.15. The van der Waals surface area contributed by atoms with Gasteiger partial charge in [-0.3, -0.25) is 9.69 Å². The Bertz CT molecular complexity index is 674. The smallest absolute Gasteiger partial charge is 0.251 e. The van der Waals surface area contributed by atoms with Crippen LogP contribution in [-0.2, 0) is 13.0 Å². The summed E-state index contributed by atoms with van der Waals surface area (Å²) in [4.78, 5) is 18.3. The highest BCUT2D eigenvalue weighted by molar-refractivity contribution is 6.29. The number of carbonyl (C=O) groups is 1. The third kappa shape index (κ3) is 3.64. The van der Waals surface area contributed by atoms with E-state index in [0.29, 0.717) is 17.3 Å². The Kier molecular flexibility index (Phi) is 4.71. The number of hydrogen-bond acceptors (Lipinski definition) is 3. The minimum atomic E-state index is -0.110. The van der Waals surface area contributed by atoms with E-state index in [0.717, 1.165) is 26.1 Å². The number of rotatable bonds is 4. The zero-order valence-corrected chi connectivity index (χ0v) is 13.0. The molecule has 2 heterocycles. The molecule has 0 radical (unpaired) electrons. The predicted octanol–water partition coefficient (Wildman–Crippen LogP) is 2.52. The van der Waals surface area contributed by atoms with E-state index in [1.807, 2.05) is 0 Å². The molecule has 0 atom stereocenters. The fourth-order valence-corrected chi connectivity index (χ4v) is 2.89. The number of amides is 1. The lowest BCUT2D eigenvalue weighted by Gasteiger charge is -2.28. The largest absolute Gasteiger partial charge is 0.351 e. The number of aromatic nitrogens is 1. The van der Waals surface area contributed by atoms with Crippen molar-refractivity contribution in [3.05, 3.63) is 64.4 Å². The SMILES string of the molecule is O=C(NCCN1CCc2ccccc2C1)c1ccnc(Cl)c1. The minimum absolute atomic E-state index is 0.110. The number of pyridine rings is 1. The third-order valence-electron chi connectivity index (χ3n) is 3.91. The molecule has 5 heteroatoms. The van der Waals surface area contributed by atoms with Crippen LogP contribution in [0.15, 0.2) is 42.6 Å². The molecular weight excluding hydrogens is 298 g/mol. The van der Waals surface area contributed by atoms with Crippen LogP contribution in [0.3, 0.4) is 0 Å². The number of nitrogens with one attached hydrogen (secondary N) is 1. The fraction of sp³-hybridized carbons (Fsp3) is 0.294. The molecule has 1 aromatic carbocycles. The van der Waals surface area contributed by atoms with Crippen LogP contribution in [0, 0.1) is 0 Å². The number of halogens is 1. The van der Waals surface area contributed by atoms with Gasteiger partial charge in [-0.25, -0.2) is 4.98 Å². The molecule has 0 unspecified atom stereocenters. The average Bonchev–Trinajstić information content (AvgIpc) is 2.54. The second-order valence-corrected chi connectivity index (χ2v) is 5.81. The van der Waals surface area contributed by atoms with Gasteiger partial charge in [0, 0.05) is 37.9 Å². The molecule has 0 spiro atoms. The molecule has 1 aliphatic heterocycles. The summed E-state index contributed by atoms with van der Waals surface area (Å²) in [5.74, 6) is -0.110. The summed E-state index contributed by atoms with van der Waals surface area (Å²) in [5, 5.41) is 3.26. The van der Waals surface area contributed by atoms with Crippen molar-refractivity contribution in [2.24, 2.45) is 0 Å². The standard InChI is InChI=1S/C17H18ClN3O/c18-16-11-14(5-7-19-16)17(22)20-8-10-21-9-6-13-3-1-2-4-15(13)12-21/h1-5,7,11H,6,8-10,12H2,(H,20,22). The Hall–Kier alpha value is -1.91. The maximum absolute atomic E-state index is 12.0. The monoisotopic (exact) mass is 315 g/mol. The Morgan fingerprint density at radius 1 is 1.27 bits per heavy atom. The van der Waals surface area contributed by atoms with Gasteiger partial charge in [-0.2, -0.15) is 0 Å². The van der Waals surface area contributed by atoms with Crippen LogP contribution in [0.1, 0.15) is 21.5 Å². The lowest BCUT2D eigenvalue weighted by Crippen LogP contribution is -2.37. The van der Waals surface area contributed by atoms with E-state index < -0.39 is 0 Å². The molecule has 114 valence electrons. The van der Waals surface area contributed by atoms with E-state index in [2.05, 4.69) is 39.5 Å². The van der Waals surface area contributed by atoms with Crippen LogP contribution in [0.5, 0.6) is 0 Å². The van der Waals surface area contributed by atoms with Crippen LogP contribution >= 0.6 is 11.6 Å². The zero-order valence-electron chi connectivity index (χ0n) is 12.3. The first-order valence-corrected chi connectivity index (χ1v) is 7.79. The molecule has 1 N–H and O–H groups in total. The average molecular weight is 316 g/mol. The first-order chi connectivity index (χ1) is 10.7. The molecule has 1 aromatic heterocycles. The van der Waals surface area contributed by atoms with Crippen molar-refractivity contribution in [1.29, 1.82) is 0 Å². The van der Waals surface area contributed by atoms with Crippen molar-refractivity contribution < 1.29 is 4.79 Å². The molecule has 0 saturated heterocycles. The maximum Gasteiger partial charge on any atom is 0.251 e. The Labute approximate surface area is 135 Å². The molecule has 0 bridgehead atoms. The molecule has 0 aliphatic carbocycles. The number of fused-ring (bicyclic) bond motifs is 1. The van der Waals surface area contributed by atoms with Gasteiger partial charge in [0.1, 0.15) is 5.15 Å². The first-order valence-electron chi connectivity index (χ1n) is 7.41. The van der Waals surface area contributed by atoms with Crippen molar-refractivity contribution in [2.45, 2.75) is 13.0 Å². The van der Waals surface area contributed by atoms with Gasteiger partial charge in [0.25, 0.3) is 5.91 Å². The van der Waals surface area contributed by atoms with Gasteiger partial charge < -0.3 is 5.32 Å². The summed E-state index contributed by atoms with van der Waals surface area (Å²) in [6, 6.07) is 11.8. The lowest BCUT2D eigenvalue weighted by molar-refractivity contribution is 0.0947. The van der Waals surface area contributed by atoms with Crippen LogP contribution in [0.2, 0.25) is 5.15 Å². The van der Waals surface area contributed by atoms with Gasteiger partial charge in [-0.15, -0.1) is 0 Å². The van der Waals surface area contributed by atoms with E-state index in [4.69, 9.17) is 11.6 Å². The van der Waals surface area contributed by atoms with E-state index in [-0.39, 0.29) is 5.91 Å². The lowest BCUT2D eigenvalue weighted by atomic mass is 10.00. The fourth-order valence-electron chi connectivity index (χ4n) is 2.72. The molecular formula is C17H18ClN3O. The molecule has 2 aromatic rings. The summed E-state index contributed by atoms with van der Waals surface area (Å²) in [5.41, 5.74) is 3.37. The molecule has 3 rings (SSSR count). The first kappa shape index (κ1) is 15.0. The van der Waals surface area contributed by atoms with Crippen molar-refractivity contribution in [3.63, 3.8) is 0 Å². The molecule has 0 saturated carbocycles. The van der Waals surface area contributed by atoms with Crippen molar-refractivity contribution in [1.82, 2.24) is 15.2 Å². The van der Waals surface area contributed by atoms with Crippen LogP contribution in [-0.4, -0.2) is 35.4 Å². The van der Waals surface area contributed by atoms with E-state index in [9.17, 15) is 4.79 Å². The number of benzene rings is 1. The van der Waals surface area contributed by atoms with Crippen molar-refractivity contribution in [3.8, 4) is 0 Å². The predicted molar refractivity (Wildman–Crippen MR) is 87.0 cm³/mol. The third-order valence-corrected chi connectivity index (χ3v) is 4.12. The summed E-state index contributed by atoms with van der Waals surface area (Å²) in [6.45, 7) is 3.46.